The quantitative estimate of drug-likeness (QED) is 0.792. The molecule has 4 heteroatoms. The van der Waals surface area contributed by atoms with E-state index in [1.54, 1.807) is 6.20 Å². The fraction of sp³-hybridized carbons (Fsp3) is 0.100. The van der Waals surface area contributed by atoms with Gasteiger partial charge in [0.1, 0.15) is 5.82 Å². The van der Waals surface area contributed by atoms with Crippen LogP contribution in [-0.2, 0) is 0 Å². The van der Waals surface area contributed by atoms with Crippen LogP contribution in [-0.4, -0.2) is 9.55 Å². The van der Waals surface area contributed by atoms with Crippen LogP contribution in [0.15, 0.2) is 35.1 Å². The van der Waals surface area contributed by atoms with E-state index in [4.69, 9.17) is 5.73 Å². The number of nitrogen functional groups attached to an aromatic ring is 1. The zero-order valence-corrected chi connectivity index (χ0v) is 9.32. The SMILES string of the molecule is Cc1nccn1-c1cccc(Br)c1N. The number of halogens is 1. The minimum atomic E-state index is 0.730. The lowest BCUT2D eigenvalue weighted by Crippen LogP contribution is -2.01. The molecule has 0 saturated carbocycles. The molecule has 0 radical (unpaired) electrons. The summed E-state index contributed by atoms with van der Waals surface area (Å²) in [6.45, 7) is 1.94. The van der Waals surface area contributed by atoms with E-state index in [2.05, 4.69) is 20.9 Å². The third kappa shape index (κ3) is 1.42. The van der Waals surface area contributed by atoms with Gasteiger partial charge in [-0.2, -0.15) is 0 Å². The summed E-state index contributed by atoms with van der Waals surface area (Å²) >= 11 is 3.40. The first-order valence-corrected chi connectivity index (χ1v) is 5.04. The van der Waals surface area contributed by atoms with Crippen molar-refractivity contribution in [3.63, 3.8) is 0 Å². The first-order valence-electron chi connectivity index (χ1n) is 4.24. The van der Waals surface area contributed by atoms with E-state index in [0.29, 0.717) is 0 Å². The van der Waals surface area contributed by atoms with Gasteiger partial charge in [-0.25, -0.2) is 4.98 Å². The van der Waals surface area contributed by atoms with E-state index >= 15 is 0 Å². The van der Waals surface area contributed by atoms with Gasteiger partial charge in [0.15, 0.2) is 0 Å². The van der Waals surface area contributed by atoms with Gasteiger partial charge in [0.2, 0.25) is 0 Å². The molecular formula is C10H10BrN3. The van der Waals surface area contributed by atoms with Crippen LogP contribution in [0.4, 0.5) is 5.69 Å². The topological polar surface area (TPSA) is 43.8 Å². The van der Waals surface area contributed by atoms with Gasteiger partial charge in [-0.3, -0.25) is 0 Å². The summed E-state index contributed by atoms with van der Waals surface area (Å²) in [5.41, 5.74) is 7.63. The number of hydrogen-bond donors (Lipinski definition) is 1. The molecule has 2 rings (SSSR count). The minimum absolute atomic E-state index is 0.730. The maximum absolute atomic E-state index is 5.95. The molecule has 2 aromatic rings. The molecule has 1 aromatic carbocycles. The molecule has 0 aliphatic carbocycles. The largest absolute Gasteiger partial charge is 0.396 e. The second-order valence-electron chi connectivity index (χ2n) is 3.02. The summed E-state index contributed by atoms with van der Waals surface area (Å²) in [4.78, 5) is 4.16. The third-order valence-electron chi connectivity index (χ3n) is 2.12. The van der Waals surface area contributed by atoms with Crippen molar-refractivity contribution < 1.29 is 0 Å². The van der Waals surface area contributed by atoms with Crippen molar-refractivity contribution in [2.24, 2.45) is 0 Å². The Morgan fingerprint density at radius 1 is 1.43 bits per heavy atom. The van der Waals surface area contributed by atoms with Gasteiger partial charge >= 0.3 is 0 Å². The molecule has 0 saturated heterocycles. The van der Waals surface area contributed by atoms with E-state index in [-0.39, 0.29) is 0 Å². The van der Waals surface area contributed by atoms with Crippen LogP contribution in [0.25, 0.3) is 5.69 Å². The number of nitrogens with two attached hydrogens (primary N) is 1. The lowest BCUT2D eigenvalue weighted by atomic mass is 10.2. The van der Waals surface area contributed by atoms with Gasteiger partial charge in [-0.1, -0.05) is 6.07 Å². The molecule has 0 spiro atoms. The van der Waals surface area contributed by atoms with Crippen molar-refractivity contribution in [1.82, 2.24) is 9.55 Å². The maximum Gasteiger partial charge on any atom is 0.110 e. The molecule has 0 fully saturated rings. The molecular weight excluding hydrogens is 242 g/mol. The van der Waals surface area contributed by atoms with E-state index in [1.807, 2.05) is 35.9 Å². The van der Waals surface area contributed by atoms with Crippen LogP contribution in [0.5, 0.6) is 0 Å². The molecule has 0 aliphatic rings. The van der Waals surface area contributed by atoms with Gasteiger partial charge in [-0.05, 0) is 35.0 Å². The Morgan fingerprint density at radius 2 is 2.21 bits per heavy atom. The lowest BCUT2D eigenvalue weighted by Gasteiger charge is -2.09. The molecule has 3 nitrogen and oxygen atoms in total. The number of benzene rings is 1. The smallest absolute Gasteiger partial charge is 0.110 e. The number of aryl methyl sites for hydroxylation is 1. The van der Waals surface area contributed by atoms with Gasteiger partial charge in [0.05, 0.1) is 11.4 Å². The van der Waals surface area contributed by atoms with E-state index in [0.717, 1.165) is 21.7 Å². The normalized spacial score (nSPS) is 10.4. The molecule has 1 heterocycles. The molecule has 0 aliphatic heterocycles. The number of nitrogens with zero attached hydrogens (tertiary/aromatic N) is 2. The van der Waals surface area contributed by atoms with Crippen molar-refractivity contribution in [3.8, 4) is 5.69 Å². The standard InChI is InChI=1S/C10H10BrN3/c1-7-13-5-6-14(7)9-4-2-3-8(11)10(9)12/h2-6H,12H2,1H3. The highest BCUT2D eigenvalue weighted by atomic mass is 79.9. The summed E-state index contributed by atoms with van der Waals surface area (Å²) in [5.74, 6) is 0.926. The predicted molar refractivity (Wildman–Crippen MR) is 60.4 cm³/mol. The van der Waals surface area contributed by atoms with Crippen molar-refractivity contribution >= 4 is 21.6 Å². The molecule has 1 aromatic heterocycles. The Bertz CT molecular complexity index is 462. The fourth-order valence-electron chi connectivity index (χ4n) is 1.37. The fourth-order valence-corrected chi connectivity index (χ4v) is 1.72. The first-order chi connectivity index (χ1) is 6.70. The van der Waals surface area contributed by atoms with Crippen LogP contribution in [0.1, 0.15) is 5.82 Å². The third-order valence-corrected chi connectivity index (χ3v) is 2.81. The van der Waals surface area contributed by atoms with Crippen LogP contribution in [0.2, 0.25) is 0 Å². The van der Waals surface area contributed by atoms with Crippen molar-refractivity contribution in [3.05, 3.63) is 40.9 Å². The molecule has 0 bridgehead atoms. The number of imidazole rings is 1. The van der Waals surface area contributed by atoms with Crippen LogP contribution >= 0.6 is 15.9 Å². The second kappa shape index (κ2) is 3.46. The monoisotopic (exact) mass is 251 g/mol. The Kier molecular flexibility index (Phi) is 2.29. The Labute approximate surface area is 90.7 Å². The Morgan fingerprint density at radius 3 is 2.86 bits per heavy atom. The maximum atomic E-state index is 5.95. The van der Waals surface area contributed by atoms with Crippen molar-refractivity contribution in [1.29, 1.82) is 0 Å². The zero-order chi connectivity index (χ0) is 10.1. The average Bonchev–Trinajstić information content (AvgIpc) is 2.57. The number of para-hydroxylation sites is 1. The molecule has 0 amide bonds. The van der Waals surface area contributed by atoms with Gasteiger partial charge in [0.25, 0.3) is 0 Å². The van der Waals surface area contributed by atoms with Crippen LogP contribution in [0.3, 0.4) is 0 Å². The lowest BCUT2D eigenvalue weighted by molar-refractivity contribution is 0.976. The van der Waals surface area contributed by atoms with Gasteiger partial charge in [-0.15, -0.1) is 0 Å². The highest BCUT2D eigenvalue weighted by molar-refractivity contribution is 9.10. The van der Waals surface area contributed by atoms with E-state index in [9.17, 15) is 0 Å². The van der Waals surface area contributed by atoms with Crippen molar-refractivity contribution in [2.45, 2.75) is 6.92 Å². The predicted octanol–water partition coefficient (Wildman–Crippen LogP) is 2.53. The van der Waals surface area contributed by atoms with Crippen LogP contribution < -0.4 is 5.73 Å². The van der Waals surface area contributed by atoms with Gasteiger partial charge in [0, 0.05) is 16.9 Å². The zero-order valence-electron chi connectivity index (χ0n) is 7.74. The van der Waals surface area contributed by atoms with Gasteiger partial charge < -0.3 is 10.3 Å². The highest BCUT2D eigenvalue weighted by Gasteiger charge is 2.06. The Hall–Kier alpha value is -1.29. The number of hydrogen-bond acceptors (Lipinski definition) is 2. The van der Waals surface area contributed by atoms with E-state index < -0.39 is 0 Å². The molecule has 2 N–H and O–H groups in total. The average molecular weight is 252 g/mol. The molecule has 72 valence electrons. The minimum Gasteiger partial charge on any atom is -0.396 e. The number of aromatic nitrogens is 2. The van der Waals surface area contributed by atoms with E-state index in [1.165, 1.54) is 0 Å². The summed E-state index contributed by atoms with van der Waals surface area (Å²) in [7, 11) is 0. The highest BCUT2D eigenvalue weighted by Crippen LogP contribution is 2.26. The summed E-state index contributed by atoms with van der Waals surface area (Å²) in [5, 5.41) is 0. The molecule has 14 heavy (non-hydrogen) atoms. The second-order valence-corrected chi connectivity index (χ2v) is 3.87. The molecule has 0 atom stereocenters. The molecule has 0 unspecified atom stereocenters. The first kappa shape index (κ1) is 9.27. The van der Waals surface area contributed by atoms with Crippen molar-refractivity contribution in [2.75, 3.05) is 5.73 Å². The van der Waals surface area contributed by atoms with Crippen LogP contribution in [0, 0.1) is 6.92 Å². The number of rotatable bonds is 1. The summed E-state index contributed by atoms with van der Waals surface area (Å²) < 4.78 is 2.86. The summed E-state index contributed by atoms with van der Waals surface area (Å²) in [6.07, 6.45) is 3.66. The Balaban J connectivity index is 2.63. The number of anilines is 1. The summed E-state index contributed by atoms with van der Waals surface area (Å²) in [6, 6.07) is 5.84.